The highest BCUT2D eigenvalue weighted by molar-refractivity contribution is 7.86. The normalized spacial score (nSPS) is 28.1. The fraction of sp³-hybridized carbons (Fsp3) is 0.917. The van der Waals surface area contributed by atoms with Gasteiger partial charge in [0.2, 0.25) is 0 Å². The van der Waals surface area contributed by atoms with Crippen LogP contribution >= 0.6 is 0 Å². The van der Waals surface area contributed by atoms with E-state index in [2.05, 4.69) is 5.32 Å². The van der Waals surface area contributed by atoms with Gasteiger partial charge in [-0.2, -0.15) is 8.42 Å². The van der Waals surface area contributed by atoms with Crippen molar-refractivity contribution in [1.82, 2.24) is 10.2 Å². The van der Waals surface area contributed by atoms with Crippen molar-refractivity contribution in [2.75, 3.05) is 32.4 Å². The highest BCUT2D eigenvalue weighted by Gasteiger charge is 2.28. The Kier molecular flexibility index (Phi) is 5.22. The molecular weight excluding hydrogens is 284 g/mol. The number of rotatable bonds is 3. The minimum atomic E-state index is -3.40. The Hall–Kier alpha value is -0.860. The van der Waals surface area contributed by atoms with Gasteiger partial charge in [0.15, 0.2) is 0 Å². The molecule has 0 aromatic carbocycles. The lowest BCUT2D eigenvalue weighted by Gasteiger charge is -2.31. The lowest BCUT2D eigenvalue weighted by atomic mass is 9.95. The second-order valence-corrected chi connectivity index (χ2v) is 6.92. The van der Waals surface area contributed by atoms with Crippen molar-refractivity contribution >= 4 is 16.2 Å². The Morgan fingerprint density at radius 1 is 1.10 bits per heavy atom. The van der Waals surface area contributed by atoms with Crippen LogP contribution in [-0.2, 0) is 19.0 Å². The molecule has 7 nitrogen and oxygen atoms in total. The van der Waals surface area contributed by atoms with Crippen molar-refractivity contribution < 1.29 is 22.1 Å². The minimum absolute atomic E-state index is 0.128. The topological polar surface area (TPSA) is 84.9 Å². The number of ether oxygens (including phenoxy) is 1. The third-order valence-corrected chi connectivity index (χ3v) is 4.20. The molecular formula is C12H22N2O5S. The fourth-order valence-corrected chi connectivity index (χ4v) is 3.24. The number of nitrogens with zero attached hydrogens (tertiary/aromatic N) is 1. The zero-order valence-corrected chi connectivity index (χ0v) is 12.5. The second kappa shape index (κ2) is 6.73. The third kappa shape index (κ3) is 4.92. The third-order valence-electron chi connectivity index (χ3n) is 3.57. The Morgan fingerprint density at radius 2 is 1.65 bits per heavy atom. The van der Waals surface area contributed by atoms with Crippen LogP contribution in [0.4, 0.5) is 4.79 Å². The van der Waals surface area contributed by atoms with Crippen LogP contribution in [0.3, 0.4) is 0 Å². The van der Waals surface area contributed by atoms with E-state index in [4.69, 9.17) is 8.92 Å². The minimum Gasteiger partial charge on any atom is -0.446 e. The van der Waals surface area contributed by atoms with Crippen molar-refractivity contribution in [2.24, 2.45) is 0 Å². The van der Waals surface area contributed by atoms with Crippen molar-refractivity contribution in [3.63, 3.8) is 0 Å². The molecule has 0 aromatic heterocycles. The largest absolute Gasteiger partial charge is 0.446 e. The van der Waals surface area contributed by atoms with Gasteiger partial charge in [-0.25, -0.2) is 4.79 Å². The molecule has 0 unspecified atom stereocenters. The van der Waals surface area contributed by atoms with Crippen LogP contribution in [-0.4, -0.2) is 64.1 Å². The first-order valence-electron chi connectivity index (χ1n) is 6.98. The van der Waals surface area contributed by atoms with E-state index in [1.54, 1.807) is 4.90 Å². The number of carbonyl (C=O) groups excluding carboxylic acids is 1. The molecule has 1 aliphatic carbocycles. The lowest BCUT2D eigenvalue weighted by molar-refractivity contribution is 0.0227. The van der Waals surface area contributed by atoms with Gasteiger partial charge < -0.3 is 15.0 Å². The summed E-state index contributed by atoms with van der Waals surface area (Å²) in [6.45, 7) is 2.94. The quantitative estimate of drug-likeness (QED) is 0.756. The van der Waals surface area contributed by atoms with Crippen LogP contribution in [0.25, 0.3) is 0 Å². The molecule has 1 amide bonds. The van der Waals surface area contributed by atoms with Crippen molar-refractivity contribution in [3.05, 3.63) is 0 Å². The molecule has 0 radical (unpaired) electrons. The monoisotopic (exact) mass is 306 g/mol. The van der Waals surface area contributed by atoms with Crippen LogP contribution < -0.4 is 5.32 Å². The molecule has 1 N–H and O–H groups in total. The molecule has 1 heterocycles. The molecule has 20 heavy (non-hydrogen) atoms. The molecule has 2 rings (SSSR count). The number of nitrogens with one attached hydrogen (secondary N) is 1. The van der Waals surface area contributed by atoms with Gasteiger partial charge in [-0.15, -0.1) is 0 Å². The predicted molar refractivity (Wildman–Crippen MR) is 72.9 cm³/mol. The SMILES string of the molecule is CS(=O)(=O)OC1CCC(OC(=O)N2CCNCC2)CC1. The first kappa shape index (κ1) is 15.5. The molecule has 2 fully saturated rings. The number of hydrogen-bond acceptors (Lipinski definition) is 6. The maximum absolute atomic E-state index is 11.9. The Balaban J connectivity index is 1.72. The fourth-order valence-electron chi connectivity index (χ4n) is 2.56. The summed E-state index contributed by atoms with van der Waals surface area (Å²) < 4.78 is 32.5. The molecule has 8 heteroatoms. The first-order valence-corrected chi connectivity index (χ1v) is 8.80. The van der Waals surface area contributed by atoms with Gasteiger partial charge in [0.25, 0.3) is 10.1 Å². The van der Waals surface area contributed by atoms with Crippen LogP contribution in [0.15, 0.2) is 0 Å². The van der Waals surface area contributed by atoms with Crippen LogP contribution in [0.5, 0.6) is 0 Å². The summed E-state index contributed by atoms with van der Waals surface area (Å²) in [4.78, 5) is 13.6. The van der Waals surface area contributed by atoms with Gasteiger partial charge in [-0.3, -0.25) is 4.18 Å². The molecule has 0 atom stereocenters. The molecule has 1 saturated carbocycles. The van der Waals surface area contributed by atoms with Gasteiger partial charge in [0.05, 0.1) is 12.4 Å². The van der Waals surface area contributed by atoms with Crippen LogP contribution in [0.1, 0.15) is 25.7 Å². The Bertz CT molecular complexity index is 425. The van der Waals surface area contributed by atoms with E-state index >= 15 is 0 Å². The van der Waals surface area contributed by atoms with Crippen LogP contribution in [0, 0.1) is 0 Å². The maximum Gasteiger partial charge on any atom is 0.410 e. The smallest absolute Gasteiger partial charge is 0.410 e. The molecule has 0 spiro atoms. The van der Waals surface area contributed by atoms with E-state index in [-0.39, 0.29) is 18.3 Å². The van der Waals surface area contributed by atoms with E-state index in [1.807, 2.05) is 0 Å². The Labute approximate surface area is 119 Å². The van der Waals surface area contributed by atoms with Crippen molar-refractivity contribution in [3.8, 4) is 0 Å². The van der Waals surface area contributed by atoms with Gasteiger partial charge in [-0.05, 0) is 25.7 Å². The van der Waals surface area contributed by atoms with Gasteiger partial charge in [-0.1, -0.05) is 0 Å². The molecule has 1 aliphatic heterocycles. The average Bonchev–Trinajstić information content (AvgIpc) is 2.40. The lowest BCUT2D eigenvalue weighted by Crippen LogP contribution is -2.47. The van der Waals surface area contributed by atoms with Gasteiger partial charge in [0.1, 0.15) is 6.10 Å². The zero-order valence-electron chi connectivity index (χ0n) is 11.7. The number of piperazine rings is 1. The van der Waals surface area contributed by atoms with E-state index in [1.165, 1.54) is 0 Å². The van der Waals surface area contributed by atoms with E-state index in [9.17, 15) is 13.2 Å². The highest BCUT2D eigenvalue weighted by Crippen LogP contribution is 2.25. The first-order chi connectivity index (χ1) is 9.44. The molecule has 116 valence electrons. The summed E-state index contributed by atoms with van der Waals surface area (Å²) in [7, 11) is -3.40. The van der Waals surface area contributed by atoms with Gasteiger partial charge in [0, 0.05) is 26.2 Å². The average molecular weight is 306 g/mol. The summed E-state index contributed by atoms with van der Waals surface area (Å²) in [6, 6.07) is 0. The molecule has 1 saturated heterocycles. The summed E-state index contributed by atoms with van der Waals surface area (Å²) >= 11 is 0. The second-order valence-electron chi connectivity index (χ2n) is 5.32. The standard InChI is InChI=1S/C12H22N2O5S/c1-20(16,17)19-11-4-2-10(3-5-11)18-12(15)14-8-6-13-7-9-14/h10-11,13H,2-9H2,1H3. The number of amides is 1. The van der Waals surface area contributed by atoms with E-state index in [0.717, 1.165) is 19.3 Å². The maximum atomic E-state index is 11.9. The van der Waals surface area contributed by atoms with Crippen LogP contribution in [0.2, 0.25) is 0 Å². The number of hydrogen-bond donors (Lipinski definition) is 1. The predicted octanol–water partition coefficient (Wildman–Crippen LogP) is 0.316. The molecule has 2 aliphatic rings. The molecule has 0 bridgehead atoms. The summed E-state index contributed by atoms with van der Waals surface area (Å²) in [5.74, 6) is 0. The van der Waals surface area contributed by atoms with E-state index < -0.39 is 10.1 Å². The van der Waals surface area contributed by atoms with E-state index in [0.29, 0.717) is 38.8 Å². The highest BCUT2D eigenvalue weighted by atomic mass is 32.2. The zero-order chi connectivity index (χ0) is 14.6. The number of carbonyl (C=O) groups is 1. The summed E-state index contributed by atoms with van der Waals surface area (Å²) in [6.07, 6.45) is 2.90. The van der Waals surface area contributed by atoms with Crippen molar-refractivity contribution in [2.45, 2.75) is 37.9 Å². The summed E-state index contributed by atoms with van der Waals surface area (Å²) in [5.41, 5.74) is 0. The van der Waals surface area contributed by atoms with Gasteiger partial charge >= 0.3 is 6.09 Å². The van der Waals surface area contributed by atoms with Crippen molar-refractivity contribution in [1.29, 1.82) is 0 Å². The molecule has 0 aromatic rings. The summed E-state index contributed by atoms with van der Waals surface area (Å²) in [5, 5.41) is 3.18. The Morgan fingerprint density at radius 3 is 2.20 bits per heavy atom.